The van der Waals surface area contributed by atoms with Gasteiger partial charge in [0.05, 0.1) is 28.0 Å². The van der Waals surface area contributed by atoms with Crippen LogP contribution >= 0.6 is 0 Å². The summed E-state index contributed by atoms with van der Waals surface area (Å²) < 4.78 is 43.5. The Labute approximate surface area is 130 Å². The number of nitrogens with zero attached hydrogens (tertiary/aromatic N) is 1. The smallest absolute Gasteiger partial charge is 0.423 e. The maximum Gasteiger partial charge on any atom is 0.423 e. The molecular weight excluding hydrogens is 339 g/mol. The van der Waals surface area contributed by atoms with Gasteiger partial charge in [-0.05, 0) is 6.92 Å². The number of aromatic amines is 1. The maximum absolute atomic E-state index is 12.8. The van der Waals surface area contributed by atoms with Crippen LogP contribution in [-0.4, -0.2) is 60.5 Å². The number of anilines is 1. The number of aliphatic hydroxyl groups excluding tert-OH is 1. The van der Waals surface area contributed by atoms with Gasteiger partial charge < -0.3 is 20.3 Å². The molecule has 4 N–H and O–H groups in total. The lowest BCUT2D eigenvalue weighted by molar-refractivity contribution is -0.149. The Kier molecular flexibility index (Phi) is 6.72. The Morgan fingerprint density at radius 2 is 2.22 bits per heavy atom. The number of aliphatic carboxylic acids is 1. The van der Waals surface area contributed by atoms with Crippen molar-refractivity contribution in [2.75, 3.05) is 18.2 Å². The molecule has 2 atom stereocenters. The van der Waals surface area contributed by atoms with Gasteiger partial charge in [0.2, 0.25) is 0 Å². The molecule has 0 aliphatic rings. The Morgan fingerprint density at radius 3 is 2.78 bits per heavy atom. The topological polar surface area (TPSA) is 125 Å². The van der Waals surface area contributed by atoms with Crippen molar-refractivity contribution < 1.29 is 32.9 Å². The first kappa shape index (κ1) is 19.1. The standard InChI is InChI=1S/C11H16F3N3O5Si/c1-5(23-4-22-3-7(18)10(20)21)16-6-2-15-17-9(19)8(6)11(12,13)14/h2,5,7,18H,3-4,23H2,1H3,(H,20,21)(H2,16,17,19)/t5-,7?/m1/s1. The average molecular weight is 355 g/mol. The number of H-pyrrole nitrogens is 1. The van der Waals surface area contributed by atoms with Crippen LogP contribution in [0.1, 0.15) is 12.5 Å². The van der Waals surface area contributed by atoms with Crippen LogP contribution in [0.5, 0.6) is 0 Å². The van der Waals surface area contributed by atoms with Crippen molar-refractivity contribution >= 4 is 21.2 Å². The molecule has 8 nitrogen and oxygen atoms in total. The van der Waals surface area contributed by atoms with Crippen LogP contribution < -0.4 is 10.9 Å². The molecular formula is C11H16F3N3O5Si. The molecule has 0 bridgehead atoms. The molecule has 1 aromatic rings. The van der Waals surface area contributed by atoms with Crippen LogP contribution in [0.4, 0.5) is 18.9 Å². The highest BCUT2D eigenvalue weighted by molar-refractivity contribution is 6.38. The number of aliphatic hydroxyl groups is 1. The number of carbonyl (C=O) groups is 1. The average Bonchev–Trinajstić information content (AvgIpc) is 2.41. The van der Waals surface area contributed by atoms with Gasteiger partial charge in [0, 0.05) is 11.9 Å². The zero-order chi connectivity index (χ0) is 17.6. The van der Waals surface area contributed by atoms with E-state index in [1.807, 2.05) is 0 Å². The Morgan fingerprint density at radius 1 is 1.57 bits per heavy atom. The van der Waals surface area contributed by atoms with Crippen LogP contribution in [0.2, 0.25) is 0 Å². The van der Waals surface area contributed by atoms with Gasteiger partial charge in [-0.2, -0.15) is 18.3 Å². The number of alkyl halides is 3. The van der Waals surface area contributed by atoms with Gasteiger partial charge in [0.25, 0.3) is 5.56 Å². The highest BCUT2D eigenvalue weighted by Crippen LogP contribution is 2.31. The van der Waals surface area contributed by atoms with E-state index in [-0.39, 0.29) is 11.9 Å². The molecule has 0 saturated heterocycles. The van der Waals surface area contributed by atoms with E-state index in [0.717, 1.165) is 6.20 Å². The van der Waals surface area contributed by atoms with Gasteiger partial charge >= 0.3 is 12.1 Å². The zero-order valence-electron chi connectivity index (χ0n) is 12.1. The molecule has 130 valence electrons. The lowest BCUT2D eigenvalue weighted by Crippen LogP contribution is -2.32. The van der Waals surface area contributed by atoms with Crippen molar-refractivity contribution in [3.8, 4) is 0 Å². The Hall–Kier alpha value is -1.92. The third-order valence-electron chi connectivity index (χ3n) is 2.80. The van der Waals surface area contributed by atoms with E-state index in [2.05, 4.69) is 10.4 Å². The van der Waals surface area contributed by atoms with E-state index in [0.29, 0.717) is 0 Å². The first-order chi connectivity index (χ1) is 10.6. The van der Waals surface area contributed by atoms with Gasteiger partial charge in [-0.3, -0.25) is 4.79 Å². The third-order valence-corrected chi connectivity index (χ3v) is 4.39. The number of ether oxygens (including phenoxy) is 1. The van der Waals surface area contributed by atoms with E-state index in [1.165, 1.54) is 0 Å². The predicted molar refractivity (Wildman–Crippen MR) is 76.0 cm³/mol. The van der Waals surface area contributed by atoms with Gasteiger partial charge in [-0.15, -0.1) is 0 Å². The second-order valence-corrected chi connectivity index (χ2v) is 6.96. The molecule has 1 unspecified atom stereocenters. The van der Waals surface area contributed by atoms with Gasteiger partial charge in [0.1, 0.15) is 5.56 Å². The molecule has 0 amide bonds. The molecule has 0 aliphatic carbocycles. The van der Waals surface area contributed by atoms with Crippen LogP contribution in [0.15, 0.2) is 11.0 Å². The largest absolute Gasteiger partial charge is 0.479 e. The molecule has 12 heteroatoms. The fraction of sp³-hybridized carbons (Fsp3) is 0.545. The van der Waals surface area contributed by atoms with Crippen molar-refractivity contribution in [1.82, 2.24) is 10.2 Å². The van der Waals surface area contributed by atoms with E-state index in [1.54, 1.807) is 12.0 Å². The minimum absolute atomic E-state index is 0.149. The van der Waals surface area contributed by atoms with Crippen LogP contribution in [0.25, 0.3) is 0 Å². The number of hydrogen-bond acceptors (Lipinski definition) is 6. The van der Waals surface area contributed by atoms with E-state index >= 15 is 0 Å². The van der Waals surface area contributed by atoms with Gasteiger partial charge in [-0.25, -0.2) is 9.89 Å². The van der Waals surface area contributed by atoms with Gasteiger partial charge in [-0.1, -0.05) is 0 Å². The molecule has 23 heavy (non-hydrogen) atoms. The first-order valence-electron chi connectivity index (χ1n) is 6.53. The Bertz CT molecular complexity index is 595. The molecule has 0 radical (unpaired) electrons. The lowest BCUT2D eigenvalue weighted by Gasteiger charge is -2.18. The highest BCUT2D eigenvalue weighted by atomic mass is 28.2. The molecule has 0 aromatic carbocycles. The summed E-state index contributed by atoms with van der Waals surface area (Å²) in [5, 5.41) is 25.1. The lowest BCUT2D eigenvalue weighted by atomic mass is 10.2. The van der Waals surface area contributed by atoms with E-state index < -0.39 is 51.2 Å². The minimum atomic E-state index is -4.82. The van der Waals surface area contributed by atoms with Crippen molar-refractivity contribution in [1.29, 1.82) is 0 Å². The Balaban J connectivity index is 2.59. The summed E-state index contributed by atoms with van der Waals surface area (Å²) in [6, 6.07) is 0. The highest BCUT2D eigenvalue weighted by Gasteiger charge is 2.37. The second-order valence-electron chi connectivity index (χ2n) is 4.75. The summed E-state index contributed by atoms with van der Waals surface area (Å²) in [5.41, 5.74) is -3.48. The molecule has 0 fully saturated rings. The van der Waals surface area contributed by atoms with Crippen molar-refractivity contribution in [3.05, 3.63) is 22.1 Å². The number of carboxylic acids is 1. The first-order valence-corrected chi connectivity index (χ1v) is 8.34. The van der Waals surface area contributed by atoms with Crippen molar-refractivity contribution in [2.24, 2.45) is 0 Å². The number of carboxylic acid groups (broad SMARTS) is 1. The molecule has 1 aromatic heterocycles. The predicted octanol–water partition coefficient (Wildman–Crippen LogP) is -0.865. The minimum Gasteiger partial charge on any atom is -0.479 e. The number of aromatic nitrogens is 2. The summed E-state index contributed by atoms with van der Waals surface area (Å²) in [6.45, 7) is 1.22. The fourth-order valence-electron chi connectivity index (χ4n) is 1.65. The van der Waals surface area contributed by atoms with E-state index in [9.17, 15) is 22.8 Å². The second kappa shape index (κ2) is 8.08. The number of hydrogen-bond donors (Lipinski definition) is 4. The summed E-state index contributed by atoms with van der Waals surface area (Å²) in [6.07, 6.45) is -5.43. The van der Waals surface area contributed by atoms with Crippen molar-refractivity contribution in [3.63, 3.8) is 0 Å². The SMILES string of the molecule is C[C@H](Nc1cn[nH]c(=O)c1C(F)(F)F)[SiH2]COCC(O)C(=O)O. The molecule has 1 rings (SSSR count). The summed E-state index contributed by atoms with van der Waals surface area (Å²) >= 11 is 0. The molecule has 0 saturated carbocycles. The summed E-state index contributed by atoms with van der Waals surface area (Å²) in [5.74, 6) is -1.41. The third kappa shape index (κ3) is 6.00. The fourth-order valence-corrected chi connectivity index (χ4v) is 2.70. The molecule has 0 spiro atoms. The van der Waals surface area contributed by atoms with Crippen LogP contribution in [-0.2, 0) is 15.7 Å². The molecule has 0 aliphatic heterocycles. The normalized spacial score (nSPS) is 14.8. The van der Waals surface area contributed by atoms with E-state index in [4.69, 9.17) is 14.9 Å². The monoisotopic (exact) mass is 355 g/mol. The molecule has 1 heterocycles. The summed E-state index contributed by atoms with van der Waals surface area (Å²) in [4.78, 5) is 21.6. The van der Waals surface area contributed by atoms with Gasteiger partial charge in [0.15, 0.2) is 6.10 Å². The quantitative estimate of drug-likeness (QED) is 0.353. The zero-order valence-corrected chi connectivity index (χ0v) is 13.5. The number of nitrogens with one attached hydrogen (secondary N) is 2. The maximum atomic E-state index is 12.8. The number of halogens is 3. The van der Waals surface area contributed by atoms with Crippen LogP contribution in [0, 0.1) is 0 Å². The summed E-state index contributed by atoms with van der Waals surface area (Å²) in [7, 11) is -1.09. The van der Waals surface area contributed by atoms with Crippen molar-refractivity contribution in [2.45, 2.75) is 24.9 Å². The van der Waals surface area contributed by atoms with Crippen LogP contribution in [0.3, 0.4) is 0 Å². The number of rotatable bonds is 8.